The molecule has 4 heterocycles. The topological polar surface area (TPSA) is 19.4 Å². The molecule has 17 aromatic rings. The van der Waals surface area contributed by atoms with E-state index in [1.165, 1.54) is 173 Å². The molecule has 4 aliphatic heterocycles. The van der Waals surface area contributed by atoms with Crippen LogP contribution in [0.3, 0.4) is 0 Å². The zero-order valence-electron chi connectivity index (χ0n) is 74.6. The molecular formula is C118H104B2N6. The molecule has 0 fully saturated rings. The van der Waals surface area contributed by atoms with E-state index < -0.39 is 0 Å². The van der Waals surface area contributed by atoms with E-state index in [4.69, 9.17) is 0 Å². The first kappa shape index (κ1) is 80.1. The van der Waals surface area contributed by atoms with Crippen LogP contribution in [0.2, 0.25) is 0 Å². The van der Waals surface area contributed by atoms with Gasteiger partial charge in [-0.1, -0.05) is 272 Å². The number of rotatable bonds is 13. The molecule has 0 atom stereocenters. The Hall–Kier alpha value is -14.3. The number of hydrogen-bond donors (Lipinski definition) is 0. The Labute approximate surface area is 745 Å². The van der Waals surface area contributed by atoms with Crippen molar-refractivity contribution < 1.29 is 0 Å². The summed E-state index contributed by atoms with van der Waals surface area (Å²) in [5.74, 6) is 0. The van der Waals surface area contributed by atoms with Gasteiger partial charge in [-0.25, -0.2) is 0 Å². The zero-order chi connectivity index (χ0) is 86.6. The summed E-state index contributed by atoms with van der Waals surface area (Å²) in [7, 11) is 0. The molecule has 0 amide bonds. The van der Waals surface area contributed by atoms with Crippen LogP contribution < -0.4 is 62.2 Å². The van der Waals surface area contributed by atoms with Gasteiger partial charge >= 0.3 is 0 Å². The van der Waals surface area contributed by atoms with Crippen LogP contribution in [0, 0.1) is 55.4 Å². The van der Waals surface area contributed by atoms with Crippen LogP contribution in [0.15, 0.2) is 376 Å². The van der Waals surface area contributed by atoms with E-state index in [0.717, 1.165) is 51.2 Å². The van der Waals surface area contributed by atoms with Crippen molar-refractivity contribution in [2.24, 2.45) is 0 Å². The highest BCUT2D eigenvalue weighted by atomic mass is 15.2. The second-order valence-corrected chi connectivity index (χ2v) is 37.3. The first-order valence-corrected chi connectivity index (χ1v) is 44.5. The zero-order valence-corrected chi connectivity index (χ0v) is 74.6. The number of fused-ring (bicyclic) bond motifs is 8. The van der Waals surface area contributed by atoms with Crippen LogP contribution in [0.25, 0.3) is 33.4 Å². The second-order valence-electron chi connectivity index (χ2n) is 37.3. The van der Waals surface area contributed by atoms with E-state index in [1.807, 2.05) is 0 Å². The lowest BCUT2D eigenvalue weighted by atomic mass is 9.33. The minimum atomic E-state index is -0.0460. The van der Waals surface area contributed by atoms with Crippen molar-refractivity contribution in [3.8, 4) is 33.4 Å². The summed E-state index contributed by atoms with van der Waals surface area (Å²) in [6, 6.07) is 141. The third-order valence-corrected chi connectivity index (χ3v) is 25.7. The fourth-order valence-corrected chi connectivity index (χ4v) is 20.3. The fourth-order valence-electron chi connectivity index (χ4n) is 20.3. The first-order valence-electron chi connectivity index (χ1n) is 44.5. The van der Waals surface area contributed by atoms with Crippen molar-refractivity contribution in [1.29, 1.82) is 0 Å². The maximum absolute atomic E-state index is 2.58. The van der Waals surface area contributed by atoms with Crippen molar-refractivity contribution >= 4 is 149 Å². The maximum Gasteiger partial charge on any atom is 0.252 e. The molecule has 0 saturated carbocycles. The van der Waals surface area contributed by atoms with E-state index in [0.29, 0.717) is 0 Å². The largest absolute Gasteiger partial charge is 0.311 e. The summed E-state index contributed by atoms with van der Waals surface area (Å²) >= 11 is 0. The maximum atomic E-state index is 2.58. The molecular weight excluding hydrogens is 1520 g/mol. The Bertz CT molecular complexity index is 6710. The molecule has 0 N–H and O–H groups in total. The number of benzene rings is 17. The van der Waals surface area contributed by atoms with Gasteiger partial charge in [0.05, 0.1) is 11.4 Å². The Morgan fingerprint density at radius 1 is 0.190 bits per heavy atom. The summed E-state index contributed by atoms with van der Waals surface area (Å²) in [5, 5.41) is 0. The molecule has 21 rings (SSSR count). The number of aryl methyl sites for hydroxylation is 8. The predicted octanol–water partition coefficient (Wildman–Crippen LogP) is 28.5. The van der Waals surface area contributed by atoms with E-state index in [-0.39, 0.29) is 24.3 Å². The van der Waals surface area contributed by atoms with Gasteiger partial charge in [-0.05, 0) is 334 Å². The van der Waals surface area contributed by atoms with Crippen LogP contribution >= 0.6 is 0 Å². The number of para-hydroxylation sites is 4. The van der Waals surface area contributed by atoms with E-state index in [9.17, 15) is 0 Å². The van der Waals surface area contributed by atoms with Gasteiger partial charge < -0.3 is 29.4 Å². The van der Waals surface area contributed by atoms with Crippen LogP contribution in [0.4, 0.5) is 102 Å². The molecule has 612 valence electrons. The fraction of sp³-hybridized carbons (Fsp3) is 0.136. The average molecular weight is 1630 g/mol. The van der Waals surface area contributed by atoms with Crippen molar-refractivity contribution in [3.63, 3.8) is 0 Å². The molecule has 4 aliphatic rings. The lowest BCUT2D eigenvalue weighted by molar-refractivity contribution is 0.590. The summed E-state index contributed by atoms with van der Waals surface area (Å²) in [4.78, 5) is 15.1. The third kappa shape index (κ3) is 14.8. The minimum Gasteiger partial charge on any atom is -0.311 e. The van der Waals surface area contributed by atoms with Gasteiger partial charge in [-0.3, -0.25) is 0 Å². The van der Waals surface area contributed by atoms with E-state index in [2.05, 4.69) is 502 Å². The minimum absolute atomic E-state index is 0.0124. The second kappa shape index (κ2) is 32.1. The Balaban J connectivity index is 0.000000159. The molecule has 0 spiro atoms. The molecule has 0 unspecified atom stereocenters. The SMILES string of the molecule is Cc1cc(C)cc(N2c3cc(-c4ccc(C(C)(C)C)cc4)ccc3B3c4ccc(C(C)(C)C)cc4N(c4cc(C)cc(C)c4)c4cc(N(c5ccccc5)c5ccccc5)cc2c43)c1.Cc1cc(C)cc(N2c3cc(-c4ccccc4)ccc3B3c4ccc(-c5ccccc5)cc4N(c4cc(C)cc(C)c4)c4cc(N(c5ccccc5)c5ccccc5)cc2c43)c1. The van der Waals surface area contributed by atoms with Gasteiger partial charge in [0.1, 0.15) is 0 Å². The number of hydrogen-bond acceptors (Lipinski definition) is 6. The van der Waals surface area contributed by atoms with E-state index in [1.54, 1.807) is 0 Å². The molecule has 17 aromatic carbocycles. The van der Waals surface area contributed by atoms with Crippen molar-refractivity contribution in [3.05, 3.63) is 432 Å². The van der Waals surface area contributed by atoms with Gasteiger partial charge in [0.2, 0.25) is 0 Å². The smallest absolute Gasteiger partial charge is 0.252 e. The van der Waals surface area contributed by atoms with E-state index >= 15 is 0 Å². The molecule has 6 nitrogen and oxygen atoms in total. The summed E-state index contributed by atoms with van der Waals surface area (Å²) in [6.07, 6.45) is 0. The highest BCUT2D eigenvalue weighted by Crippen LogP contribution is 2.53. The van der Waals surface area contributed by atoms with Crippen LogP contribution in [-0.4, -0.2) is 13.4 Å². The van der Waals surface area contributed by atoms with Crippen molar-refractivity contribution in [2.45, 2.75) is 108 Å². The lowest BCUT2D eigenvalue weighted by Gasteiger charge is -2.45. The van der Waals surface area contributed by atoms with Crippen LogP contribution in [-0.2, 0) is 10.8 Å². The molecule has 0 radical (unpaired) electrons. The normalized spacial score (nSPS) is 12.7. The predicted molar refractivity (Wildman–Crippen MR) is 542 cm³/mol. The van der Waals surface area contributed by atoms with Gasteiger partial charge in [-0.2, -0.15) is 0 Å². The first-order chi connectivity index (χ1) is 61.0. The van der Waals surface area contributed by atoms with Crippen molar-refractivity contribution in [2.75, 3.05) is 29.4 Å². The molecule has 126 heavy (non-hydrogen) atoms. The Morgan fingerprint density at radius 2 is 0.413 bits per heavy atom. The van der Waals surface area contributed by atoms with Gasteiger partial charge in [-0.15, -0.1) is 0 Å². The lowest BCUT2D eigenvalue weighted by Crippen LogP contribution is -2.61. The number of nitrogens with zero attached hydrogens (tertiary/aromatic N) is 6. The number of anilines is 18. The monoisotopic (exact) mass is 1630 g/mol. The summed E-state index contributed by atoms with van der Waals surface area (Å²) in [6.45, 7) is 31.5. The Kier molecular flexibility index (Phi) is 20.4. The van der Waals surface area contributed by atoms with Gasteiger partial charge in [0, 0.05) is 91.0 Å². The molecule has 8 heteroatoms. The van der Waals surface area contributed by atoms with Gasteiger partial charge in [0.25, 0.3) is 13.4 Å². The van der Waals surface area contributed by atoms with Gasteiger partial charge in [0.15, 0.2) is 0 Å². The average Bonchev–Trinajstić information content (AvgIpc) is 0.696. The highest BCUT2D eigenvalue weighted by molar-refractivity contribution is 7.01. The highest BCUT2D eigenvalue weighted by Gasteiger charge is 2.47. The summed E-state index contributed by atoms with van der Waals surface area (Å²) < 4.78 is 0. The third-order valence-electron chi connectivity index (χ3n) is 25.7. The Morgan fingerprint density at radius 3 is 0.675 bits per heavy atom. The van der Waals surface area contributed by atoms with Crippen LogP contribution in [0.5, 0.6) is 0 Å². The summed E-state index contributed by atoms with van der Waals surface area (Å²) in [5.41, 5.74) is 48.5. The quantitative estimate of drug-likeness (QED) is 0.106. The molecule has 0 aromatic heterocycles. The standard InChI is InChI=1S/C60H58BN3.C58H46BN3/c1-39-29-40(2)32-49(31-39)63-54-35-44(43-21-24-45(25-22-43)59(5,6)7)23-27-52(54)61-53-28-26-46(60(8,9)10)36-55(53)64(50-33-41(3)30-42(4)34-50)57-38-51(37-56(63)58(57)61)62(47-17-13-11-14-18-47)48-19-15-12-16-20-48;1-39-29-40(2)32-49(31-39)61-54-35-45(43-17-9-5-10-18-43)25-27-52(54)59-53-28-26-46(44-19-11-6-12-20-44)36-55(53)62(50-33-41(3)30-42(4)34-50)57-38-51(37-56(61)58(57)59)60(47-21-13-7-14-22-47)48-23-15-8-16-24-48/h11-38H,1-10H3;5-38H,1-4H3. The van der Waals surface area contributed by atoms with Crippen molar-refractivity contribution in [1.82, 2.24) is 0 Å². The molecule has 0 bridgehead atoms. The van der Waals surface area contributed by atoms with Crippen LogP contribution in [0.1, 0.15) is 97.2 Å². The molecule has 0 saturated heterocycles. The molecule has 0 aliphatic carbocycles.